The van der Waals surface area contributed by atoms with Crippen molar-refractivity contribution >= 4 is 5.69 Å². The van der Waals surface area contributed by atoms with E-state index >= 15 is 0 Å². The van der Waals surface area contributed by atoms with E-state index in [9.17, 15) is 9.18 Å². The molecule has 116 valence electrons. The first-order valence-electron chi connectivity index (χ1n) is 7.40. The lowest BCUT2D eigenvalue weighted by Gasteiger charge is -2.11. The minimum absolute atomic E-state index is 0.185. The summed E-state index contributed by atoms with van der Waals surface area (Å²) in [5.74, 6) is -0.363. The molecule has 0 spiro atoms. The second-order valence-corrected chi connectivity index (χ2v) is 5.39. The molecule has 0 unspecified atom stereocenters. The third kappa shape index (κ3) is 3.48. The Morgan fingerprint density at radius 1 is 1.04 bits per heavy atom. The van der Waals surface area contributed by atoms with Crippen LogP contribution in [0.4, 0.5) is 10.1 Å². The number of halogens is 1. The van der Waals surface area contributed by atoms with Crippen LogP contribution in [0.2, 0.25) is 0 Å². The Morgan fingerprint density at radius 3 is 2.65 bits per heavy atom. The molecule has 3 rings (SSSR count). The predicted octanol–water partition coefficient (Wildman–Crippen LogP) is 3.90. The van der Waals surface area contributed by atoms with E-state index in [1.165, 1.54) is 22.8 Å². The van der Waals surface area contributed by atoms with Gasteiger partial charge in [-0.1, -0.05) is 30.3 Å². The first-order valence-corrected chi connectivity index (χ1v) is 7.40. The summed E-state index contributed by atoms with van der Waals surface area (Å²) in [4.78, 5) is 12.0. The summed E-state index contributed by atoms with van der Waals surface area (Å²) < 4.78 is 14.8. The van der Waals surface area contributed by atoms with Crippen molar-refractivity contribution in [3.8, 4) is 5.69 Å². The van der Waals surface area contributed by atoms with E-state index in [-0.39, 0.29) is 11.4 Å². The molecule has 2 aromatic carbocycles. The monoisotopic (exact) mass is 308 g/mol. The van der Waals surface area contributed by atoms with Gasteiger partial charge in [0.05, 0.1) is 5.69 Å². The Labute approximate surface area is 134 Å². The lowest BCUT2D eigenvalue weighted by molar-refractivity contribution is 0.626. The maximum atomic E-state index is 13.4. The van der Waals surface area contributed by atoms with Crippen molar-refractivity contribution in [3.63, 3.8) is 0 Å². The number of hydrogen-bond acceptors (Lipinski definition) is 2. The topological polar surface area (TPSA) is 34.0 Å². The molecule has 0 fully saturated rings. The van der Waals surface area contributed by atoms with Crippen molar-refractivity contribution in [1.29, 1.82) is 0 Å². The second kappa shape index (κ2) is 6.48. The molecule has 3 nitrogen and oxygen atoms in total. The fourth-order valence-electron chi connectivity index (χ4n) is 2.43. The third-order valence-electron chi connectivity index (χ3n) is 3.69. The van der Waals surface area contributed by atoms with E-state index in [0.29, 0.717) is 12.2 Å². The number of anilines is 1. The zero-order chi connectivity index (χ0) is 16.2. The lowest BCUT2D eigenvalue weighted by atomic mass is 10.2. The smallest absolute Gasteiger partial charge is 0.255 e. The minimum atomic E-state index is -0.363. The van der Waals surface area contributed by atoms with E-state index in [0.717, 1.165) is 16.8 Å². The number of pyridine rings is 1. The van der Waals surface area contributed by atoms with Gasteiger partial charge >= 0.3 is 0 Å². The lowest BCUT2D eigenvalue weighted by Crippen LogP contribution is -2.18. The highest BCUT2D eigenvalue weighted by Gasteiger charge is 2.03. The highest BCUT2D eigenvalue weighted by Crippen LogP contribution is 2.15. The van der Waals surface area contributed by atoms with Crippen LogP contribution in [0.1, 0.15) is 11.1 Å². The van der Waals surface area contributed by atoms with Gasteiger partial charge in [0.15, 0.2) is 0 Å². The number of nitrogens with zero attached hydrogens (tertiary/aromatic N) is 1. The van der Waals surface area contributed by atoms with Gasteiger partial charge in [-0.15, -0.1) is 0 Å². The normalized spacial score (nSPS) is 10.5. The van der Waals surface area contributed by atoms with Crippen molar-refractivity contribution in [2.45, 2.75) is 13.5 Å². The Bertz CT molecular complexity index is 886. The molecule has 1 heterocycles. The fourth-order valence-corrected chi connectivity index (χ4v) is 2.43. The molecular weight excluding hydrogens is 291 g/mol. The number of rotatable bonds is 4. The van der Waals surface area contributed by atoms with E-state index < -0.39 is 0 Å². The van der Waals surface area contributed by atoms with Gasteiger partial charge in [0.1, 0.15) is 5.82 Å². The average Bonchev–Trinajstić information content (AvgIpc) is 2.55. The minimum Gasteiger partial charge on any atom is -0.381 e. The molecule has 0 bridgehead atoms. The van der Waals surface area contributed by atoms with Gasteiger partial charge in [-0.3, -0.25) is 9.36 Å². The van der Waals surface area contributed by atoms with Gasteiger partial charge in [-0.25, -0.2) is 4.39 Å². The summed E-state index contributed by atoms with van der Waals surface area (Å²) in [6.07, 6.45) is 1.74. The molecule has 4 heteroatoms. The Hall–Kier alpha value is -2.88. The zero-order valence-corrected chi connectivity index (χ0v) is 12.8. The van der Waals surface area contributed by atoms with Crippen LogP contribution < -0.4 is 10.9 Å². The molecular formula is C19H17FN2O. The van der Waals surface area contributed by atoms with Gasteiger partial charge in [0.25, 0.3) is 5.56 Å². The molecule has 0 aliphatic carbocycles. The SMILES string of the molecule is Cc1ccccc1NCc1ccc(=O)n(-c2cccc(F)c2)c1. The Balaban J connectivity index is 1.86. The van der Waals surface area contributed by atoms with Gasteiger partial charge < -0.3 is 5.32 Å². The summed E-state index contributed by atoms with van der Waals surface area (Å²) in [5, 5.41) is 3.35. The number of hydrogen-bond donors (Lipinski definition) is 1. The molecule has 0 atom stereocenters. The molecule has 3 aromatic rings. The zero-order valence-electron chi connectivity index (χ0n) is 12.8. The van der Waals surface area contributed by atoms with E-state index in [1.807, 2.05) is 31.2 Å². The quantitative estimate of drug-likeness (QED) is 0.793. The van der Waals surface area contributed by atoms with Gasteiger partial charge in [-0.05, 0) is 42.3 Å². The van der Waals surface area contributed by atoms with E-state index in [4.69, 9.17) is 0 Å². The van der Waals surface area contributed by atoms with Crippen LogP contribution in [0.15, 0.2) is 71.7 Å². The Morgan fingerprint density at radius 2 is 1.87 bits per heavy atom. The number of aryl methyl sites for hydroxylation is 1. The Kier molecular flexibility index (Phi) is 4.24. The second-order valence-electron chi connectivity index (χ2n) is 5.39. The first kappa shape index (κ1) is 15.0. The number of benzene rings is 2. The first-order chi connectivity index (χ1) is 11.1. The van der Waals surface area contributed by atoms with Crippen LogP contribution in [0.5, 0.6) is 0 Å². The number of aromatic nitrogens is 1. The van der Waals surface area contributed by atoms with E-state index in [1.54, 1.807) is 24.4 Å². The van der Waals surface area contributed by atoms with Crippen LogP contribution in [0, 0.1) is 12.7 Å². The molecule has 0 radical (unpaired) electrons. The molecule has 1 aromatic heterocycles. The van der Waals surface area contributed by atoms with Crippen molar-refractivity contribution in [2.75, 3.05) is 5.32 Å². The molecule has 0 aliphatic heterocycles. The summed E-state index contributed by atoms with van der Waals surface area (Å²) in [7, 11) is 0. The van der Waals surface area contributed by atoms with Crippen LogP contribution in [-0.2, 0) is 6.54 Å². The molecule has 0 amide bonds. The van der Waals surface area contributed by atoms with Crippen LogP contribution in [0.3, 0.4) is 0 Å². The standard InChI is InChI=1S/C19H17FN2O/c1-14-5-2-3-8-18(14)21-12-15-9-10-19(23)22(13-15)17-7-4-6-16(20)11-17/h2-11,13,21H,12H2,1H3. The summed E-state index contributed by atoms with van der Waals surface area (Å²) in [6, 6.07) is 17.3. The fraction of sp³-hybridized carbons (Fsp3) is 0.105. The van der Waals surface area contributed by atoms with Gasteiger partial charge in [0, 0.05) is 24.5 Å². The van der Waals surface area contributed by atoms with Gasteiger partial charge in [-0.2, -0.15) is 0 Å². The maximum absolute atomic E-state index is 13.4. The third-order valence-corrected chi connectivity index (χ3v) is 3.69. The highest BCUT2D eigenvalue weighted by atomic mass is 19.1. The van der Waals surface area contributed by atoms with Gasteiger partial charge in [0.2, 0.25) is 0 Å². The highest BCUT2D eigenvalue weighted by molar-refractivity contribution is 5.50. The van der Waals surface area contributed by atoms with E-state index in [2.05, 4.69) is 5.32 Å². The van der Waals surface area contributed by atoms with Crippen molar-refractivity contribution in [3.05, 3.63) is 94.2 Å². The van der Waals surface area contributed by atoms with Crippen LogP contribution >= 0.6 is 0 Å². The number of para-hydroxylation sites is 1. The number of nitrogens with one attached hydrogen (secondary N) is 1. The molecule has 23 heavy (non-hydrogen) atoms. The molecule has 0 saturated heterocycles. The molecule has 0 saturated carbocycles. The van der Waals surface area contributed by atoms with Crippen LogP contribution in [0.25, 0.3) is 5.69 Å². The maximum Gasteiger partial charge on any atom is 0.255 e. The predicted molar refractivity (Wildman–Crippen MR) is 90.5 cm³/mol. The molecule has 1 N–H and O–H groups in total. The largest absolute Gasteiger partial charge is 0.381 e. The summed E-state index contributed by atoms with van der Waals surface area (Å²) >= 11 is 0. The summed E-state index contributed by atoms with van der Waals surface area (Å²) in [6.45, 7) is 2.62. The molecule has 0 aliphatic rings. The van der Waals surface area contributed by atoms with Crippen LogP contribution in [-0.4, -0.2) is 4.57 Å². The average molecular weight is 308 g/mol. The van der Waals surface area contributed by atoms with Crippen molar-refractivity contribution in [1.82, 2.24) is 4.57 Å². The van der Waals surface area contributed by atoms with Crippen molar-refractivity contribution < 1.29 is 4.39 Å². The summed E-state index contributed by atoms with van der Waals surface area (Å²) in [5.41, 5.74) is 3.49. The van der Waals surface area contributed by atoms with Crippen molar-refractivity contribution in [2.24, 2.45) is 0 Å².